The molecule has 0 N–H and O–H groups in total. The van der Waals surface area contributed by atoms with Crippen LogP contribution in [-0.4, -0.2) is 11.5 Å². The fourth-order valence-electron chi connectivity index (χ4n) is 10.7. The van der Waals surface area contributed by atoms with Gasteiger partial charge in [0.1, 0.15) is 0 Å². The molecule has 2 nitrogen and oxygen atoms in total. The van der Waals surface area contributed by atoms with Gasteiger partial charge in [-0.25, -0.2) is 9.98 Å². The van der Waals surface area contributed by atoms with Crippen LogP contribution >= 0.6 is 0 Å². The van der Waals surface area contributed by atoms with Crippen molar-refractivity contribution in [2.75, 3.05) is 0 Å². The minimum atomic E-state index is 0.591. The van der Waals surface area contributed by atoms with Gasteiger partial charge in [-0.05, 0) is 170 Å². The van der Waals surface area contributed by atoms with Crippen molar-refractivity contribution < 1.29 is 0 Å². The van der Waals surface area contributed by atoms with Crippen LogP contribution < -0.4 is 0 Å². The van der Waals surface area contributed by atoms with Crippen LogP contribution in [-0.2, 0) is 0 Å². The lowest BCUT2D eigenvalue weighted by Gasteiger charge is -2.13. The molecule has 0 unspecified atom stereocenters. The summed E-state index contributed by atoms with van der Waals surface area (Å²) in [6, 6.07) is 93.9. The lowest BCUT2D eigenvalue weighted by Crippen LogP contribution is -2.05. The number of hydrogen-bond acceptors (Lipinski definition) is 1. The Bertz CT molecular complexity index is 4420. The third-order valence-electron chi connectivity index (χ3n) is 14.5. The van der Waals surface area contributed by atoms with E-state index in [4.69, 9.17) is 9.98 Å². The lowest BCUT2D eigenvalue weighted by molar-refractivity contribution is 1.44. The smallest absolute Gasteiger partial charge is 0.160 e. The van der Waals surface area contributed by atoms with Gasteiger partial charge in [-0.2, -0.15) is 0 Å². The Labute approximate surface area is 425 Å². The highest BCUT2D eigenvalue weighted by Crippen LogP contribution is 2.38. The van der Waals surface area contributed by atoms with Gasteiger partial charge in [-0.3, -0.25) is 0 Å². The van der Waals surface area contributed by atoms with Gasteiger partial charge in [0.05, 0.1) is 5.70 Å². The van der Waals surface area contributed by atoms with E-state index in [0.717, 1.165) is 44.7 Å². The van der Waals surface area contributed by atoms with E-state index in [2.05, 4.69) is 274 Å². The van der Waals surface area contributed by atoms with Crippen LogP contribution in [0.1, 0.15) is 23.6 Å². The highest BCUT2D eigenvalue weighted by atomic mass is 14.9. The minimum Gasteiger partial charge on any atom is -0.233 e. The van der Waals surface area contributed by atoms with Crippen molar-refractivity contribution >= 4 is 81.9 Å². The maximum atomic E-state index is 5.43. The number of aliphatic imine (C=N–C) groups is 2. The average Bonchev–Trinajstić information content (AvgIpc) is 3.46. The molecule has 0 heterocycles. The van der Waals surface area contributed by atoms with Crippen LogP contribution in [0.3, 0.4) is 0 Å². The molecule has 0 saturated heterocycles. The molecule has 0 atom stereocenters. The zero-order valence-electron chi connectivity index (χ0n) is 40.4. The first-order valence-corrected chi connectivity index (χ1v) is 25.0. The monoisotopic (exact) mass is 928 g/mol. The lowest BCUT2D eigenvalue weighted by atomic mass is 9.92. The van der Waals surface area contributed by atoms with Gasteiger partial charge in [-0.15, -0.1) is 0 Å². The summed E-state index contributed by atoms with van der Waals surface area (Å²) in [4.78, 5) is 10.8. The quantitative estimate of drug-likeness (QED) is 0.0824. The molecule has 0 aliphatic heterocycles. The Morgan fingerprint density at radius 3 is 1.22 bits per heavy atom. The van der Waals surface area contributed by atoms with Crippen LogP contribution in [0, 0.1) is 0 Å². The standard InChI is InChI=1S/C71H48N2/c1-46(49-20-13-23-58(38-49)69-44-60-18-5-7-26-63(60)65-28-9-11-30-67(65)69)72-71(73-47(2)50-21-14-24-59(39-50)70-45-61-19-6-8-27-64(61)66-29-10-12-31-68(66)70)62-25-15-22-52(43-62)53-34-35-57-42-56(37-36-55(57)41-53)54-33-32-48-16-3-4-17-51(48)40-54/h3-45H,1H2,2H3/b72-71-,73-47+. The zero-order chi connectivity index (χ0) is 48.8. The Morgan fingerprint density at radius 1 is 0.274 bits per heavy atom. The molecule has 342 valence electrons. The third kappa shape index (κ3) is 8.25. The second-order valence-corrected chi connectivity index (χ2v) is 19.0. The van der Waals surface area contributed by atoms with Gasteiger partial charge in [0.2, 0.25) is 0 Å². The van der Waals surface area contributed by atoms with Gasteiger partial charge >= 0.3 is 0 Å². The first-order chi connectivity index (χ1) is 36.0. The van der Waals surface area contributed by atoms with Crippen molar-refractivity contribution in [3.8, 4) is 44.5 Å². The second kappa shape index (κ2) is 18.4. The van der Waals surface area contributed by atoms with Gasteiger partial charge in [0.15, 0.2) is 5.84 Å². The first-order valence-electron chi connectivity index (χ1n) is 25.0. The van der Waals surface area contributed by atoms with E-state index in [0.29, 0.717) is 11.5 Å². The van der Waals surface area contributed by atoms with Gasteiger partial charge in [-0.1, -0.05) is 219 Å². The molecule has 73 heavy (non-hydrogen) atoms. The van der Waals surface area contributed by atoms with Gasteiger partial charge < -0.3 is 0 Å². The number of nitrogens with zero attached hydrogens (tertiary/aromatic N) is 2. The predicted octanol–water partition coefficient (Wildman–Crippen LogP) is 19.2. The molecule has 0 bridgehead atoms. The van der Waals surface area contributed by atoms with Crippen LogP contribution in [0.2, 0.25) is 0 Å². The minimum absolute atomic E-state index is 0.591. The van der Waals surface area contributed by atoms with Crippen molar-refractivity contribution in [3.63, 3.8) is 0 Å². The van der Waals surface area contributed by atoms with Crippen LogP contribution in [0.5, 0.6) is 0 Å². The molecule has 13 aromatic carbocycles. The summed E-state index contributed by atoms with van der Waals surface area (Å²) in [5, 5.41) is 14.7. The van der Waals surface area contributed by atoms with E-state index in [1.54, 1.807) is 0 Å². The Kier molecular flexibility index (Phi) is 10.9. The fourth-order valence-corrected chi connectivity index (χ4v) is 10.7. The Balaban J connectivity index is 0.898. The SMILES string of the molecule is C=C(/N=C(\N=C(/C)c1cccc(-c2cc3ccccc3c3ccccc23)c1)c1cccc(-c2ccc3cc(-c4ccc5ccccc5c4)ccc3c2)c1)c1cccc(-c2cc3ccccc3c3ccccc23)c1. The summed E-state index contributed by atoms with van der Waals surface area (Å²) in [5.74, 6) is 0.591. The number of benzene rings is 13. The molecule has 2 heteroatoms. The normalized spacial score (nSPS) is 12.1. The maximum Gasteiger partial charge on any atom is 0.160 e. The van der Waals surface area contributed by atoms with Gasteiger partial charge in [0, 0.05) is 16.8 Å². The summed E-state index contributed by atoms with van der Waals surface area (Å²) in [5.41, 5.74) is 13.6. The van der Waals surface area contributed by atoms with Crippen LogP contribution in [0.15, 0.2) is 277 Å². The Hall–Kier alpha value is -9.50. The summed E-state index contributed by atoms with van der Waals surface area (Å²) in [6.45, 7) is 6.71. The van der Waals surface area contributed by atoms with E-state index < -0.39 is 0 Å². The summed E-state index contributed by atoms with van der Waals surface area (Å²) in [7, 11) is 0. The summed E-state index contributed by atoms with van der Waals surface area (Å²) < 4.78 is 0. The summed E-state index contributed by atoms with van der Waals surface area (Å²) in [6.07, 6.45) is 0. The molecule has 0 saturated carbocycles. The molecular formula is C71H48N2. The number of hydrogen-bond donors (Lipinski definition) is 0. The van der Waals surface area contributed by atoms with Gasteiger partial charge in [0.25, 0.3) is 0 Å². The van der Waals surface area contributed by atoms with E-state index in [1.165, 1.54) is 86.9 Å². The van der Waals surface area contributed by atoms with E-state index in [9.17, 15) is 0 Å². The number of amidine groups is 1. The molecule has 0 amide bonds. The molecule has 13 rings (SSSR count). The molecule has 0 radical (unpaired) electrons. The highest BCUT2D eigenvalue weighted by molar-refractivity contribution is 6.17. The Morgan fingerprint density at radius 2 is 0.658 bits per heavy atom. The highest BCUT2D eigenvalue weighted by Gasteiger charge is 2.15. The third-order valence-corrected chi connectivity index (χ3v) is 14.5. The molecular weight excluding hydrogens is 881 g/mol. The van der Waals surface area contributed by atoms with E-state index in [1.807, 2.05) is 0 Å². The molecule has 0 aromatic heterocycles. The maximum absolute atomic E-state index is 5.43. The molecule has 13 aromatic rings. The first kappa shape index (κ1) is 43.5. The number of fused-ring (bicyclic) bond motifs is 8. The molecule has 0 fully saturated rings. The molecule has 0 aliphatic rings. The predicted molar refractivity (Wildman–Crippen MR) is 314 cm³/mol. The number of rotatable bonds is 8. The van der Waals surface area contributed by atoms with Crippen molar-refractivity contribution in [1.29, 1.82) is 0 Å². The van der Waals surface area contributed by atoms with E-state index in [-0.39, 0.29) is 0 Å². The molecule has 0 spiro atoms. The summed E-state index contributed by atoms with van der Waals surface area (Å²) >= 11 is 0. The van der Waals surface area contributed by atoms with Crippen molar-refractivity contribution in [3.05, 3.63) is 284 Å². The fraction of sp³-hybridized carbons (Fsp3) is 0.0141. The topological polar surface area (TPSA) is 24.7 Å². The van der Waals surface area contributed by atoms with Crippen LogP contribution in [0.4, 0.5) is 0 Å². The van der Waals surface area contributed by atoms with E-state index >= 15 is 0 Å². The largest absolute Gasteiger partial charge is 0.233 e. The van der Waals surface area contributed by atoms with Crippen molar-refractivity contribution in [2.45, 2.75) is 6.92 Å². The molecule has 0 aliphatic carbocycles. The van der Waals surface area contributed by atoms with Crippen molar-refractivity contribution in [1.82, 2.24) is 0 Å². The zero-order valence-corrected chi connectivity index (χ0v) is 40.4. The second-order valence-electron chi connectivity index (χ2n) is 19.0. The van der Waals surface area contributed by atoms with Crippen molar-refractivity contribution in [2.24, 2.45) is 9.98 Å². The van der Waals surface area contributed by atoms with Crippen LogP contribution in [0.25, 0.3) is 115 Å². The average molecular weight is 929 g/mol.